The molecule has 6 nitrogen and oxygen atoms in total. The molecule has 7 heteroatoms. The lowest BCUT2D eigenvalue weighted by Crippen LogP contribution is -2.46. The SMILES string of the molecule is CC1CC(NS(=O)(=O)c2cccc(C(=O)N(C)C)c2)CCN1. The molecule has 1 aliphatic rings. The van der Waals surface area contributed by atoms with Gasteiger partial charge in [0.25, 0.3) is 5.91 Å². The Morgan fingerprint density at radius 2 is 2.09 bits per heavy atom. The molecule has 0 aliphatic carbocycles. The Morgan fingerprint density at radius 1 is 1.36 bits per heavy atom. The van der Waals surface area contributed by atoms with Gasteiger partial charge in [0.15, 0.2) is 0 Å². The standard InChI is InChI=1S/C15H23N3O3S/c1-11-9-13(7-8-16-11)17-22(20,21)14-6-4-5-12(10-14)15(19)18(2)3/h4-6,10-11,13,16-17H,7-9H2,1-3H3. The number of carbonyl (C=O) groups is 1. The maximum atomic E-state index is 12.5. The van der Waals surface area contributed by atoms with Crippen LogP contribution in [0.25, 0.3) is 0 Å². The molecule has 2 unspecified atom stereocenters. The minimum absolute atomic E-state index is 0.0746. The maximum Gasteiger partial charge on any atom is 0.253 e. The van der Waals surface area contributed by atoms with Gasteiger partial charge in [-0.1, -0.05) is 6.07 Å². The molecule has 122 valence electrons. The Bertz CT molecular complexity index is 643. The second-order valence-electron chi connectivity index (χ2n) is 5.93. The fourth-order valence-corrected chi connectivity index (χ4v) is 3.91. The summed E-state index contributed by atoms with van der Waals surface area (Å²) in [7, 11) is -0.339. The first-order valence-electron chi connectivity index (χ1n) is 7.37. The van der Waals surface area contributed by atoms with E-state index >= 15 is 0 Å². The number of piperidine rings is 1. The van der Waals surface area contributed by atoms with Crippen molar-refractivity contribution in [2.45, 2.75) is 36.7 Å². The Balaban J connectivity index is 2.19. The van der Waals surface area contributed by atoms with Gasteiger partial charge in [-0.25, -0.2) is 13.1 Å². The van der Waals surface area contributed by atoms with E-state index in [1.807, 2.05) is 6.92 Å². The van der Waals surface area contributed by atoms with Crippen molar-refractivity contribution in [1.82, 2.24) is 14.9 Å². The van der Waals surface area contributed by atoms with Gasteiger partial charge >= 0.3 is 0 Å². The molecule has 2 N–H and O–H groups in total. The molecule has 0 radical (unpaired) electrons. The first-order valence-corrected chi connectivity index (χ1v) is 8.85. The van der Waals surface area contributed by atoms with E-state index in [2.05, 4.69) is 10.0 Å². The average Bonchev–Trinajstić information content (AvgIpc) is 2.46. The van der Waals surface area contributed by atoms with Gasteiger partial charge in [-0.05, 0) is 44.5 Å². The molecule has 1 aromatic carbocycles. The zero-order valence-corrected chi connectivity index (χ0v) is 14.0. The van der Waals surface area contributed by atoms with Crippen LogP contribution in [0.4, 0.5) is 0 Å². The summed E-state index contributed by atoms with van der Waals surface area (Å²) >= 11 is 0. The van der Waals surface area contributed by atoms with Crippen molar-refractivity contribution in [3.63, 3.8) is 0 Å². The highest BCUT2D eigenvalue weighted by atomic mass is 32.2. The third-order valence-corrected chi connectivity index (χ3v) is 5.26. The van der Waals surface area contributed by atoms with Crippen LogP contribution in [0.5, 0.6) is 0 Å². The average molecular weight is 325 g/mol. The van der Waals surface area contributed by atoms with Gasteiger partial charge in [-0.2, -0.15) is 0 Å². The monoisotopic (exact) mass is 325 g/mol. The Hall–Kier alpha value is -1.44. The van der Waals surface area contributed by atoms with Crippen LogP contribution in [0, 0.1) is 0 Å². The molecule has 2 atom stereocenters. The lowest BCUT2D eigenvalue weighted by molar-refractivity contribution is 0.0827. The van der Waals surface area contributed by atoms with Crippen LogP contribution >= 0.6 is 0 Å². The first-order chi connectivity index (χ1) is 10.3. The minimum Gasteiger partial charge on any atom is -0.345 e. The predicted octanol–water partition coefficient (Wildman–Crippen LogP) is 0.807. The third kappa shape index (κ3) is 4.06. The zero-order valence-electron chi connectivity index (χ0n) is 13.2. The number of nitrogens with zero attached hydrogens (tertiary/aromatic N) is 1. The van der Waals surface area contributed by atoms with E-state index in [9.17, 15) is 13.2 Å². The number of hydrogen-bond acceptors (Lipinski definition) is 4. The molecular weight excluding hydrogens is 302 g/mol. The zero-order chi connectivity index (χ0) is 16.3. The number of nitrogens with one attached hydrogen (secondary N) is 2. The fourth-order valence-electron chi connectivity index (χ4n) is 2.58. The number of amides is 1. The Morgan fingerprint density at radius 3 is 2.73 bits per heavy atom. The van der Waals surface area contributed by atoms with Crippen molar-refractivity contribution in [3.8, 4) is 0 Å². The quantitative estimate of drug-likeness (QED) is 0.858. The maximum absolute atomic E-state index is 12.5. The molecule has 22 heavy (non-hydrogen) atoms. The summed E-state index contributed by atoms with van der Waals surface area (Å²) < 4.78 is 27.7. The van der Waals surface area contributed by atoms with Crippen molar-refractivity contribution in [3.05, 3.63) is 29.8 Å². The van der Waals surface area contributed by atoms with E-state index in [1.54, 1.807) is 26.2 Å². The van der Waals surface area contributed by atoms with Crippen molar-refractivity contribution in [2.24, 2.45) is 0 Å². The van der Waals surface area contributed by atoms with Gasteiger partial charge < -0.3 is 10.2 Å². The number of carbonyl (C=O) groups excluding carboxylic acids is 1. The Labute approximate surface area is 131 Å². The van der Waals surface area contributed by atoms with Crippen LogP contribution in [0.2, 0.25) is 0 Å². The smallest absolute Gasteiger partial charge is 0.253 e. The van der Waals surface area contributed by atoms with E-state index in [1.165, 1.54) is 17.0 Å². The van der Waals surface area contributed by atoms with Gasteiger partial charge in [0, 0.05) is 31.7 Å². The number of hydrogen-bond donors (Lipinski definition) is 2. The fraction of sp³-hybridized carbons (Fsp3) is 0.533. The summed E-state index contributed by atoms with van der Waals surface area (Å²) in [6.45, 7) is 2.84. The minimum atomic E-state index is -3.61. The van der Waals surface area contributed by atoms with Crippen molar-refractivity contribution in [2.75, 3.05) is 20.6 Å². The normalized spacial score (nSPS) is 22.3. The number of sulfonamides is 1. The van der Waals surface area contributed by atoms with E-state index in [-0.39, 0.29) is 16.8 Å². The molecule has 1 saturated heterocycles. The third-order valence-electron chi connectivity index (χ3n) is 3.74. The molecule has 1 aromatic rings. The number of rotatable bonds is 4. The first kappa shape index (κ1) is 16.9. The molecule has 0 saturated carbocycles. The van der Waals surface area contributed by atoms with E-state index in [0.29, 0.717) is 11.6 Å². The summed E-state index contributed by atoms with van der Waals surface area (Å²) in [4.78, 5) is 13.5. The number of benzene rings is 1. The van der Waals surface area contributed by atoms with Crippen LogP contribution in [-0.4, -0.2) is 51.9 Å². The van der Waals surface area contributed by atoms with Gasteiger partial charge in [0.1, 0.15) is 0 Å². The van der Waals surface area contributed by atoms with E-state index in [0.717, 1.165) is 19.4 Å². The summed E-state index contributed by atoms with van der Waals surface area (Å²) in [6.07, 6.45) is 1.52. The lowest BCUT2D eigenvalue weighted by Gasteiger charge is -2.28. The summed E-state index contributed by atoms with van der Waals surface area (Å²) in [6, 6.07) is 6.37. The van der Waals surface area contributed by atoms with Crippen LogP contribution in [0.15, 0.2) is 29.2 Å². The van der Waals surface area contributed by atoms with Gasteiger partial charge in [-0.15, -0.1) is 0 Å². The molecule has 0 spiro atoms. The molecule has 1 heterocycles. The summed E-state index contributed by atoms with van der Waals surface area (Å²) in [5.74, 6) is -0.215. The van der Waals surface area contributed by atoms with E-state index in [4.69, 9.17) is 0 Å². The molecule has 1 fully saturated rings. The molecule has 1 aliphatic heterocycles. The highest BCUT2D eigenvalue weighted by Gasteiger charge is 2.25. The lowest BCUT2D eigenvalue weighted by atomic mass is 10.0. The van der Waals surface area contributed by atoms with Crippen LogP contribution in [0.1, 0.15) is 30.1 Å². The van der Waals surface area contributed by atoms with Crippen molar-refractivity contribution in [1.29, 1.82) is 0 Å². The molecule has 0 bridgehead atoms. The van der Waals surface area contributed by atoms with Crippen molar-refractivity contribution < 1.29 is 13.2 Å². The molecule has 2 rings (SSSR count). The molecule has 0 aromatic heterocycles. The highest BCUT2D eigenvalue weighted by Crippen LogP contribution is 2.16. The topological polar surface area (TPSA) is 78.5 Å². The van der Waals surface area contributed by atoms with Crippen LogP contribution in [0.3, 0.4) is 0 Å². The molecule has 1 amide bonds. The second kappa shape index (κ2) is 6.76. The van der Waals surface area contributed by atoms with Crippen LogP contribution in [-0.2, 0) is 10.0 Å². The summed E-state index contributed by atoms with van der Waals surface area (Å²) in [5, 5.41) is 3.29. The predicted molar refractivity (Wildman–Crippen MR) is 85.3 cm³/mol. The van der Waals surface area contributed by atoms with E-state index < -0.39 is 10.0 Å². The molecular formula is C15H23N3O3S. The largest absolute Gasteiger partial charge is 0.345 e. The Kier molecular flexibility index (Phi) is 5.20. The van der Waals surface area contributed by atoms with Gasteiger partial charge in [-0.3, -0.25) is 4.79 Å². The van der Waals surface area contributed by atoms with Gasteiger partial charge in [0.2, 0.25) is 10.0 Å². The second-order valence-corrected chi connectivity index (χ2v) is 7.64. The summed E-state index contributed by atoms with van der Waals surface area (Å²) in [5.41, 5.74) is 0.367. The van der Waals surface area contributed by atoms with Gasteiger partial charge in [0.05, 0.1) is 4.90 Å². The highest BCUT2D eigenvalue weighted by molar-refractivity contribution is 7.89. The van der Waals surface area contributed by atoms with Crippen LogP contribution < -0.4 is 10.0 Å². The van der Waals surface area contributed by atoms with Crippen molar-refractivity contribution >= 4 is 15.9 Å².